The Kier molecular flexibility index (Phi) is 7.25. The maximum absolute atomic E-state index is 12.2. The third-order valence-corrected chi connectivity index (χ3v) is 6.44. The van der Waals surface area contributed by atoms with Crippen molar-refractivity contribution >= 4 is 17.7 Å². The largest absolute Gasteiger partial charge is 0.427 e. The van der Waals surface area contributed by atoms with E-state index in [4.69, 9.17) is 4.74 Å². The van der Waals surface area contributed by atoms with E-state index in [0.717, 1.165) is 33.5 Å². The molecular weight excluding hydrogens is 430 g/mol. The molecule has 0 aliphatic rings. The zero-order valence-corrected chi connectivity index (χ0v) is 19.9. The topological polar surface area (TPSA) is 57.0 Å². The van der Waals surface area contributed by atoms with E-state index in [1.165, 1.54) is 11.1 Å². The Labute approximate surface area is 198 Å². The molecule has 0 saturated heterocycles. The molecule has 0 radical (unpaired) electrons. The number of hydrogen-bond acceptors (Lipinski definition) is 5. The third-order valence-electron chi connectivity index (χ3n) is 5.42. The van der Waals surface area contributed by atoms with Gasteiger partial charge in [0.25, 0.3) is 0 Å². The Bertz CT molecular complexity index is 1230. The lowest BCUT2D eigenvalue weighted by atomic mass is 10.1. The zero-order valence-electron chi connectivity index (χ0n) is 19.1. The number of hydrogen-bond donors (Lipinski definition) is 0. The van der Waals surface area contributed by atoms with E-state index in [1.807, 2.05) is 61.5 Å². The fourth-order valence-corrected chi connectivity index (χ4v) is 4.29. The summed E-state index contributed by atoms with van der Waals surface area (Å²) in [5.74, 6) is 1.90. The molecule has 5 nitrogen and oxygen atoms in total. The Morgan fingerprint density at radius 3 is 2.39 bits per heavy atom. The third kappa shape index (κ3) is 5.71. The molecule has 0 amide bonds. The van der Waals surface area contributed by atoms with Crippen LogP contribution in [0.2, 0.25) is 0 Å². The van der Waals surface area contributed by atoms with Crippen molar-refractivity contribution in [2.24, 2.45) is 0 Å². The van der Waals surface area contributed by atoms with E-state index in [9.17, 15) is 4.79 Å². The lowest BCUT2D eigenvalue weighted by Gasteiger charge is -2.12. The van der Waals surface area contributed by atoms with Crippen molar-refractivity contribution in [2.45, 2.75) is 38.8 Å². The molecule has 0 fully saturated rings. The summed E-state index contributed by atoms with van der Waals surface area (Å²) in [5, 5.41) is 9.77. The number of rotatable bonds is 8. The van der Waals surface area contributed by atoms with Gasteiger partial charge in [0.15, 0.2) is 11.0 Å². The average Bonchev–Trinajstić information content (AvgIpc) is 3.24. The molecule has 1 aromatic heterocycles. The smallest absolute Gasteiger partial charge is 0.311 e. The van der Waals surface area contributed by atoms with Crippen molar-refractivity contribution in [1.82, 2.24) is 14.8 Å². The highest BCUT2D eigenvalue weighted by molar-refractivity contribution is 7.99. The summed E-state index contributed by atoms with van der Waals surface area (Å²) < 4.78 is 7.51. The monoisotopic (exact) mass is 457 g/mol. The van der Waals surface area contributed by atoms with Crippen molar-refractivity contribution in [2.75, 3.05) is 5.75 Å². The van der Waals surface area contributed by atoms with Crippen LogP contribution in [0.25, 0.3) is 17.1 Å². The van der Waals surface area contributed by atoms with Crippen LogP contribution < -0.4 is 4.74 Å². The molecule has 168 valence electrons. The number of benzene rings is 3. The second-order valence-electron chi connectivity index (χ2n) is 8.02. The highest BCUT2D eigenvalue weighted by Gasteiger charge is 2.17. The Balaban J connectivity index is 1.46. The Morgan fingerprint density at radius 1 is 0.909 bits per heavy atom. The molecule has 0 bridgehead atoms. The van der Waals surface area contributed by atoms with Gasteiger partial charge in [-0.3, -0.25) is 9.36 Å². The van der Waals surface area contributed by atoms with Gasteiger partial charge in [0.2, 0.25) is 0 Å². The van der Waals surface area contributed by atoms with E-state index >= 15 is 0 Å². The minimum atomic E-state index is -0.222. The molecule has 33 heavy (non-hydrogen) atoms. The van der Waals surface area contributed by atoms with Crippen molar-refractivity contribution in [3.8, 4) is 22.8 Å². The number of ether oxygens (including phenoxy) is 1. The van der Waals surface area contributed by atoms with Crippen molar-refractivity contribution in [3.05, 3.63) is 89.5 Å². The fraction of sp³-hybridized carbons (Fsp3) is 0.222. The minimum Gasteiger partial charge on any atom is -0.427 e. The van der Waals surface area contributed by atoms with Gasteiger partial charge in [0.05, 0.1) is 5.69 Å². The minimum absolute atomic E-state index is 0.222. The van der Waals surface area contributed by atoms with Gasteiger partial charge in [-0.1, -0.05) is 65.9 Å². The lowest BCUT2D eigenvalue weighted by Crippen LogP contribution is -2.08. The van der Waals surface area contributed by atoms with Gasteiger partial charge in [-0.2, -0.15) is 0 Å². The fourth-order valence-electron chi connectivity index (χ4n) is 3.40. The number of esters is 1. The van der Waals surface area contributed by atoms with Gasteiger partial charge in [0.1, 0.15) is 5.75 Å². The van der Waals surface area contributed by atoms with Crippen LogP contribution in [-0.2, 0) is 4.79 Å². The van der Waals surface area contributed by atoms with E-state index in [0.29, 0.717) is 18.6 Å². The van der Waals surface area contributed by atoms with Gasteiger partial charge in [0, 0.05) is 17.7 Å². The van der Waals surface area contributed by atoms with Crippen LogP contribution in [-0.4, -0.2) is 26.5 Å². The van der Waals surface area contributed by atoms with E-state index < -0.39 is 0 Å². The standard InChI is InChI=1S/C27H27N3O2S/c1-19-11-15-24(16-12-19)32-25(31)10-7-17-33-27-29-28-26(22-8-5-4-6-9-22)30(27)23-14-13-20(2)21(3)18-23/h4-6,8-9,11-16,18H,7,10,17H2,1-3H3. The quantitative estimate of drug-likeness (QED) is 0.134. The van der Waals surface area contributed by atoms with Crippen LogP contribution in [0.15, 0.2) is 78.0 Å². The van der Waals surface area contributed by atoms with Gasteiger partial charge in [-0.15, -0.1) is 10.2 Å². The summed E-state index contributed by atoms with van der Waals surface area (Å²) in [7, 11) is 0. The van der Waals surface area contributed by atoms with Crippen molar-refractivity contribution in [3.63, 3.8) is 0 Å². The van der Waals surface area contributed by atoms with E-state index in [-0.39, 0.29) is 5.97 Å². The van der Waals surface area contributed by atoms with Gasteiger partial charge < -0.3 is 4.74 Å². The molecule has 0 unspecified atom stereocenters. The van der Waals surface area contributed by atoms with Crippen molar-refractivity contribution < 1.29 is 9.53 Å². The number of aromatic nitrogens is 3. The first-order valence-electron chi connectivity index (χ1n) is 11.0. The number of carbonyl (C=O) groups is 1. The predicted molar refractivity (Wildman–Crippen MR) is 133 cm³/mol. The summed E-state index contributed by atoms with van der Waals surface area (Å²) in [6.45, 7) is 6.22. The number of thioether (sulfide) groups is 1. The van der Waals surface area contributed by atoms with Gasteiger partial charge >= 0.3 is 5.97 Å². The molecule has 0 aliphatic carbocycles. The molecule has 4 aromatic rings. The molecule has 3 aromatic carbocycles. The first-order valence-corrected chi connectivity index (χ1v) is 12.0. The van der Waals surface area contributed by atoms with Gasteiger partial charge in [-0.05, 0) is 62.6 Å². The van der Waals surface area contributed by atoms with Crippen LogP contribution in [0.3, 0.4) is 0 Å². The molecule has 4 rings (SSSR count). The first kappa shape index (κ1) is 22.8. The van der Waals surface area contributed by atoms with Crippen LogP contribution in [0.5, 0.6) is 5.75 Å². The molecule has 1 heterocycles. The van der Waals surface area contributed by atoms with Crippen LogP contribution in [0.4, 0.5) is 0 Å². The molecule has 0 saturated carbocycles. The maximum Gasteiger partial charge on any atom is 0.311 e. The molecule has 0 atom stereocenters. The molecule has 6 heteroatoms. The summed E-state index contributed by atoms with van der Waals surface area (Å²) >= 11 is 1.60. The van der Waals surface area contributed by atoms with E-state index in [1.54, 1.807) is 11.8 Å². The molecule has 0 aliphatic heterocycles. The lowest BCUT2D eigenvalue weighted by molar-refractivity contribution is -0.134. The number of carbonyl (C=O) groups excluding carboxylic acids is 1. The average molecular weight is 458 g/mol. The summed E-state index contributed by atoms with van der Waals surface area (Å²) in [6.07, 6.45) is 1.04. The summed E-state index contributed by atoms with van der Waals surface area (Å²) in [4.78, 5) is 12.2. The number of aryl methyl sites for hydroxylation is 3. The highest BCUT2D eigenvalue weighted by Crippen LogP contribution is 2.29. The van der Waals surface area contributed by atoms with E-state index in [2.05, 4.69) is 46.8 Å². The second-order valence-corrected chi connectivity index (χ2v) is 9.08. The van der Waals surface area contributed by atoms with Crippen LogP contribution in [0, 0.1) is 20.8 Å². The Morgan fingerprint density at radius 2 is 1.67 bits per heavy atom. The van der Waals surface area contributed by atoms with Crippen LogP contribution in [0.1, 0.15) is 29.5 Å². The SMILES string of the molecule is Cc1ccc(OC(=O)CCCSc2nnc(-c3ccccc3)n2-c2ccc(C)c(C)c2)cc1. The maximum atomic E-state index is 12.2. The highest BCUT2D eigenvalue weighted by atomic mass is 32.2. The second kappa shape index (κ2) is 10.5. The Hall–Kier alpha value is -3.38. The molecular formula is C27H27N3O2S. The van der Waals surface area contributed by atoms with Crippen molar-refractivity contribution in [1.29, 1.82) is 0 Å². The molecule has 0 spiro atoms. The zero-order chi connectivity index (χ0) is 23.2. The predicted octanol–water partition coefficient (Wildman–Crippen LogP) is 6.34. The van der Waals surface area contributed by atoms with Crippen LogP contribution >= 0.6 is 11.8 Å². The summed E-state index contributed by atoms with van der Waals surface area (Å²) in [6, 6.07) is 24.0. The van der Waals surface area contributed by atoms with Gasteiger partial charge in [-0.25, -0.2) is 0 Å². The molecule has 0 N–H and O–H groups in total. The summed E-state index contributed by atoms with van der Waals surface area (Å²) in [5.41, 5.74) is 5.64. The normalized spacial score (nSPS) is 10.9. The first-order chi connectivity index (χ1) is 16.0. The number of nitrogens with zero attached hydrogens (tertiary/aromatic N) is 3.